The summed E-state index contributed by atoms with van der Waals surface area (Å²) in [6.07, 6.45) is -0.558. The summed E-state index contributed by atoms with van der Waals surface area (Å²) in [6, 6.07) is 0. The molecule has 0 aromatic heterocycles. The molecule has 3 aliphatic heterocycles. The Kier molecular flexibility index (Phi) is 6.40. The van der Waals surface area contributed by atoms with E-state index in [-0.39, 0.29) is 30.4 Å². The van der Waals surface area contributed by atoms with Crippen molar-refractivity contribution in [3.63, 3.8) is 0 Å². The Morgan fingerprint density at radius 1 is 1.21 bits per heavy atom. The van der Waals surface area contributed by atoms with Crippen molar-refractivity contribution in [1.29, 1.82) is 0 Å². The highest BCUT2D eigenvalue weighted by Crippen LogP contribution is 2.59. The maximum absolute atomic E-state index is 13.8. The zero-order valence-corrected chi connectivity index (χ0v) is 19.8. The van der Waals surface area contributed by atoms with Crippen LogP contribution >= 0.6 is 0 Å². The highest BCUT2D eigenvalue weighted by atomic mass is 16.6. The first-order valence-electron chi connectivity index (χ1n) is 10.9. The van der Waals surface area contributed by atoms with E-state index in [0.29, 0.717) is 0 Å². The second kappa shape index (κ2) is 8.44. The molecule has 0 aromatic carbocycles. The number of hydrogen-bond acceptors (Lipinski definition) is 10. The summed E-state index contributed by atoms with van der Waals surface area (Å²) >= 11 is 0. The van der Waals surface area contributed by atoms with Crippen LogP contribution in [0.2, 0.25) is 0 Å². The van der Waals surface area contributed by atoms with E-state index in [4.69, 9.17) is 18.9 Å². The first-order chi connectivity index (χ1) is 15.7. The monoisotopic (exact) mass is 478 g/mol. The van der Waals surface area contributed by atoms with Gasteiger partial charge in [0, 0.05) is 12.8 Å². The molecule has 0 unspecified atom stereocenters. The Labute approximate surface area is 197 Å². The molecular formula is C24H30O10. The molecule has 2 bridgehead atoms. The van der Waals surface area contributed by atoms with Crippen molar-refractivity contribution in [1.82, 2.24) is 0 Å². The van der Waals surface area contributed by atoms with E-state index in [9.17, 15) is 29.4 Å². The average molecular weight is 478 g/mol. The lowest BCUT2D eigenvalue weighted by Crippen LogP contribution is -2.72. The van der Waals surface area contributed by atoms with Crippen LogP contribution in [0.25, 0.3) is 0 Å². The normalized spacial score (nSPS) is 38.3. The fraction of sp³-hybridized carbons (Fsp3) is 0.583. The summed E-state index contributed by atoms with van der Waals surface area (Å²) in [5.41, 5.74) is -7.47. The van der Waals surface area contributed by atoms with Crippen molar-refractivity contribution in [3.8, 4) is 0 Å². The lowest BCUT2D eigenvalue weighted by atomic mass is 9.63. The predicted molar refractivity (Wildman–Crippen MR) is 116 cm³/mol. The fourth-order valence-electron chi connectivity index (χ4n) is 5.15. The third kappa shape index (κ3) is 3.60. The average Bonchev–Trinajstić information content (AvgIpc) is 2.99. The van der Waals surface area contributed by atoms with E-state index in [0.717, 1.165) is 7.11 Å². The molecule has 0 amide bonds. The van der Waals surface area contributed by atoms with Crippen molar-refractivity contribution in [2.24, 2.45) is 0 Å². The molecule has 0 saturated carbocycles. The topological polar surface area (TPSA) is 146 Å². The van der Waals surface area contributed by atoms with Gasteiger partial charge in [-0.25, -0.2) is 14.4 Å². The number of fused-ring (bicyclic) bond motifs is 1. The highest BCUT2D eigenvalue weighted by Gasteiger charge is 2.74. The quantitative estimate of drug-likeness (QED) is 0.331. The molecule has 3 saturated heterocycles. The van der Waals surface area contributed by atoms with Crippen molar-refractivity contribution in [3.05, 3.63) is 36.0 Å². The van der Waals surface area contributed by atoms with Crippen molar-refractivity contribution in [2.45, 2.75) is 75.0 Å². The van der Waals surface area contributed by atoms with Crippen LogP contribution in [0.3, 0.4) is 0 Å². The second-order valence-corrected chi connectivity index (χ2v) is 9.41. The molecule has 10 nitrogen and oxygen atoms in total. The van der Waals surface area contributed by atoms with Gasteiger partial charge in [-0.2, -0.15) is 0 Å². The highest BCUT2D eigenvalue weighted by molar-refractivity contribution is 6.05. The molecule has 34 heavy (non-hydrogen) atoms. The van der Waals surface area contributed by atoms with Gasteiger partial charge in [0.15, 0.2) is 11.4 Å². The number of aliphatic hydroxyl groups is 2. The second-order valence-electron chi connectivity index (χ2n) is 9.41. The Bertz CT molecular complexity index is 1010. The van der Waals surface area contributed by atoms with E-state index < -0.39 is 70.8 Å². The minimum absolute atomic E-state index is 0.0649. The Balaban J connectivity index is 2.32. The van der Waals surface area contributed by atoms with E-state index in [2.05, 4.69) is 13.2 Å². The zero-order valence-electron chi connectivity index (χ0n) is 19.8. The smallest absolute Gasteiger partial charge is 0.337 e. The summed E-state index contributed by atoms with van der Waals surface area (Å²) in [4.78, 5) is 52.0. The summed E-state index contributed by atoms with van der Waals surface area (Å²) in [5.74, 6) is -3.51. The van der Waals surface area contributed by atoms with Gasteiger partial charge in [-0.15, -0.1) is 0 Å². The molecular weight excluding hydrogens is 448 g/mol. The molecule has 3 aliphatic rings. The summed E-state index contributed by atoms with van der Waals surface area (Å²) in [5, 5.41) is 20.3. The number of Topliss-reactive ketones (excluding diaryl/α,β-unsaturated/α-hetero) is 1. The molecule has 0 radical (unpaired) electrons. The molecule has 0 aromatic rings. The van der Waals surface area contributed by atoms with E-state index in [1.54, 1.807) is 13.8 Å². The third-order valence-corrected chi connectivity index (χ3v) is 7.06. The van der Waals surface area contributed by atoms with Gasteiger partial charge in [-0.1, -0.05) is 19.2 Å². The van der Waals surface area contributed by atoms with E-state index >= 15 is 0 Å². The number of allylic oxidation sites excluding steroid dienone is 1. The van der Waals surface area contributed by atoms with Gasteiger partial charge < -0.3 is 29.2 Å². The van der Waals surface area contributed by atoms with E-state index in [1.165, 1.54) is 13.0 Å². The number of carbonyl (C=O) groups is 4. The number of methoxy groups -OCH3 is 1. The van der Waals surface area contributed by atoms with Crippen LogP contribution in [-0.4, -0.2) is 76.1 Å². The predicted octanol–water partition coefficient (Wildman–Crippen LogP) is 0.840. The van der Waals surface area contributed by atoms with Crippen LogP contribution in [0, 0.1) is 0 Å². The fourth-order valence-corrected chi connectivity index (χ4v) is 5.15. The number of ether oxygens (including phenoxy) is 4. The van der Waals surface area contributed by atoms with Crippen LogP contribution < -0.4 is 0 Å². The van der Waals surface area contributed by atoms with Crippen molar-refractivity contribution in [2.75, 3.05) is 13.7 Å². The largest absolute Gasteiger partial charge is 0.466 e. The Morgan fingerprint density at radius 3 is 2.41 bits per heavy atom. The number of carbonyl (C=O) groups excluding carboxylic acids is 4. The number of rotatable bonds is 5. The van der Waals surface area contributed by atoms with Crippen LogP contribution in [0.1, 0.15) is 46.5 Å². The molecule has 3 heterocycles. The summed E-state index contributed by atoms with van der Waals surface area (Å²) in [6.45, 7) is 11.1. The first kappa shape index (κ1) is 25.8. The molecule has 3 rings (SSSR count). The van der Waals surface area contributed by atoms with Crippen molar-refractivity contribution < 1.29 is 48.3 Å². The summed E-state index contributed by atoms with van der Waals surface area (Å²) < 4.78 is 22.5. The van der Waals surface area contributed by atoms with E-state index in [1.807, 2.05) is 0 Å². The van der Waals surface area contributed by atoms with Crippen molar-refractivity contribution >= 4 is 23.7 Å². The molecule has 1 spiro atoms. The SMILES string of the molecule is C=C(CO)C(=O)O[C@H]1C[C@@]2(C)OC(=O)/C(=C/C)[C@@]23CC[C@@](C)(O)CC(=O)[C@@]1(C(=C)C(=O)OC)O3. The molecule has 2 N–H and O–H groups in total. The summed E-state index contributed by atoms with van der Waals surface area (Å²) in [7, 11) is 1.09. The van der Waals surface area contributed by atoms with Gasteiger partial charge in [0.25, 0.3) is 0 Å². The Hall–Kier alpha value is -2.82. The van der Waals surface area contributed by atoms with Gasteiger partial charge in [0.2, 0.25) is 0 Å². The standard InChI is InChI=1S/C24H30O10/c1-7-15-20(29)33-22(5)11-17(32-18(27)13(2)12-25)24(14(3)19(28)31-6)16(26)10-21(4,30)8-9-23(15,22)34-24/h7,17,25,30H,2-3,8-12H2,1,4-6H3/b15-7-/t17-,21+,22+,23-,24+/m0/s1. The van der Waals surface area contributed by atoms with Gasteiger partial charge in [0.1, 0.15) is 17.3 Å². The molecule has 186 valence electrons. The minimum Gasteiger partial charge on any atom is -0.466 e. The molecule has 3 fully saturated rings. The van der Waals surface area contributed by atoms with Crippen LogP contribution in [0.4, 0.5) is 0 Å². The lowest BCUT2D eigenvalue weighted by Gasteiger charge is -2.57. The molecule has 0 aliphatic carbocycles. The van der Waals surface area contributed by atoms with Gasteiger partial charge >= 0.3 is 17.9 Å². The van der Waals surface area contributed by atoms with Crippen LogP contribution in [0.15, 0.2) is 36.0 Å². The number of esters is 3. The number of hydrogen-bond donors (Lipinski definition) is 2. The Morgan fingerprint density at radius 2 is 1.85 bits per heavy atom. The molecule has 10 heteroatoms. The number of ketones is 1. The van der Waals surface area contributed by atoms with Gasteiger partial charge in [-0.3, -0.25) is 4.79 Å². The minimum atomic E-state index is -2.30. The lowest BCUT2D eigenvalue weighted by molar-refractivity contribution is -0.271. The van der Waals surface area contributed by atoms with Gasteiger partial charge in [0.05, 0.1) is 36.0 Å². The van der Waals surface area contributed by atoms with Crippen LogP contribution in [-0.2, 0) is 38.1 Å². The third-order valence-electron chi connectivity index (χ3n) is 7.06. The van der Waals surface area contributed by atoms with Crippen LogP contribution in [0.5, 0.6) is 0 Å². The maximum Gasteiger partial charge on any atom is 0.337 e. The zero-order chi connectivity index (χ0) is 25.7. The molecule has 5 atom stereocenters. The maximum atomic E-state index is 13.8. The first-order valence-corrected chi connectivity index (χ1v) is 10.9. The van der Waals surface area contributed by atoms with Gasteiger partial charge in [-0.05, 0) is 33.6 Å². The number of aliphatic hydroxyl groups excluding tert-OH is 1.